The van der Waals surface area contributed by atoms with Crippen molar-refractivity contribution in [2.45, 2.75) is 104 Å². The number of anilines is 1. The van der Waals surface area contributed by atoms with Gasteiger partial charge in [-0.15, -0.1) is 0 Å². The summed E-state index contributed by atoms with van der Waals surface area (Å²) in [5.41, 5.74) is -0.575. The molecule has 1 aliphatic heterocycles. The average molecular weight is 473 g/mol. The molecule has 1 amide bonds. The average Bonchev–Trinajstić information content (AvgIpc) is 3.16. The number of thiazole rings is 1. The zero-order valence-electron chi connectivity index (χ0n) is 20.9. The van der Waals surface area contributed by atoms with Gasteiger partial charge in [-0.05, 0) is 58.7 Å². The summed E-state index contributed by atoms with van der Waals surface area (Å²) >= 11 is 1.38. The SMILES string of the molecule is CC(C)C(C)(C)[Si](C)(C)O[C@@H](c1cnc(NC(=O)OC(C)(C)C)s1)[C@H]1COC(C)(C)O1. The maximum Gasteiger partial charge on any atom is 0.413 e. The van der Waals surface area contributed by atoms with Crippen molar-refractivity contribution in [3.63, 3.8) is 0 Å². The number of carbonyl (C=O) groups is 1. The number of hydrogen-bond acceptors (Lipinski definition) is 7. The lowest BCUT2D eigenvalue weighted by Crippen LogP contribution is -2.47. The molecule has 0 saturated carbocycles. The Balaban J connectivity index is 2.28. The quantitative estimate of drug-likeness (QED) is 0.466. The van der Waals surface area contributed by atoms with Crippen LogP contribution in [0.5, 0.6) is 0 Å². The Morgan fingerprint density at radius 2 is 1.90 bits per heavy atom. The van der Waals surface area contributed by atoms with E-state index in [0.717, 1.165) is 4.88 Å². The van der Waals surface area contributed by atoms with Crippen LogP contribution in [0.15, 0.2) is 6.20 Å². The second-order valence-corrected chi connectivity index (χ2v) is 16.6. The third-order valence-corrected chi connectivity index (χ3v) is 11.7. The van der Waals surface area contributed by atoms with Crippen molar-refractivity contribution in [1.29, 1.82) is 0 Å². The molecule has 178 valence electrons. The molecule has 1 fully saturated rings. The third-order valence-electron chi connectivity index (χ3n) is 6.20. The zero-order valence-corrected chi connectivity index (χ0v) is 22.7. The van der Waals surface area contributed by atoms with Gasteiger partial charge in [0.1, 0.15) is 17.8 Å². The summed E-state index contributed by atoms with van der Waals surface area (Å²) < 4.78 is 24.2. The molecule has 0 radical (unpaired) electrons. The Bertz CT molecular complexity index is 770. The molecule has 1 aromatic rings. The molecular weight excluding hydrogens is 432 g/mol. The van der Waals surface area contributed by atoms with Crippen LogP contribution in [0.25, 0.3) is 0 Å². The van der Waals surface area contributed by atoms with Gasteiger partial charge in [-0.1, -0.05) is 39.0 Å². The van der Waals surface area contributed by atoms with Crippen LogP contribution in [-0.4, -0.2) is 43.5 Å². The van der Waals surface area contributed by atoms with Gasteiger partial charge in [0.25, 0.3) is 0 Å². The number of aromatic nitrogens is 1. The summed E-state index contributed by atoms with van der Waals surface area (Å²) in [6.07, 6.45) is 0.652. The molecule has 1 aliphatic rings. The van der Waals surface area contributed by atoms with Gasteiger partial charge in [-0.3, -0.25) is 5.32 Å². The van der Waals surface area contributed by atoms with Gasteiger partial charge >= 0.3 is 6.09 Å². The lowest BCUT2D eigenvalue weighted by Gasteiger charge is -2.45. The van der Waals surface area contributed by atoms with E-state index >= 15 is 0 Å². The number of rotatable bonds is 7. The van der Waals surface area contributed by atoms with E-state index in [-0.39, 0.29) is 17.2 Å². The summed E-state index contributed by atoms with van der Waals surface area (Å²) in [6.45, 7) is 23.3. The molecule has 0 aliphatic carbocycles. The van der Waals surface area contributed by atoms with E-state index in [1.165, 1.54) is 11.3 Å². The van der Waals surface area contributed by atoms with Gasteiger partial charge in [-0.2, -0.15) is 0 Å². The summed E-state index contributed by atoms with van der Waals surface area (Å²) in [6, 6.07) is 0. The van der Waals surface area contributed by atoms with Gasteiger partial charge in [0.2, 0.25) is 0 Å². The van der Waals surface area contributed by atoms with Crippen molar-refractivity contribution >= 4 is 30.9 Å². The lowest BCUT2D eigenvalue weighted by molar-refractivity contribution is -0.150. The summed E-state index contributed by atoms with van der Waals surface area (Å²) in [5, 5.41) is 3.24. The highest BCUT2D eigenvalue weighted by molar-refractivity contribution is 7.15. The van der Waals surface area contributed by atoms with Gasteiger partial charge < -0.3 is 18.6 Å². The molecule has 1 N–H and O–H groups in total. The number of amides is 1. The van der Waals surface area contributed by atoms with Crippen molar-refractivity contribution in [2.24, 2.45) is 5.92 Å². The van der Waals surface area contributed by atoms with Crippen LogP contribution in [0.2, 0.25) is 18.1 Å². The van der Waals surface area contributed by atoms with Crippen LogP contribution in [0.3, 0.4) is 0 Å². The normalized spacial score (nSPS) is 20.7. The fourth-order valence-corrected chi connectivity index (χ4v) is 6.79. The molecule has 7 nitrogen and oxygen atoms in total. The van der Waals surface area contributed by atoms with E-state index in [1.807, 2.05) is 34.6 Å². The number of carbonyl (C=O) groups excluding carboxylic acids is 1. The number of hydrogen-bond donors (Lipinski definition) is 1. The van der Waals surface area contributed by atoms with Crippen molar-refractivity contribution in [3.05, 3.63) is 11.1 Å². The Labute approximate surface area is 192 Å². The first-order chi connectivity index (χ1) is 13.9. The molecule has 0 unspecified atom stereocenters. The summed E-state index contributed by atoms with van der Waals surface area (Å²) in [5.74, 6) is -0.189. The first kappa shape index (κ1) is 26.3. The summed E-state index contributed by atoms with van der Waals surface area (Å²) in [7, 11) is -2.18. The highest BCUT2D eigenvalue weighted by Crippen LogP contribution is 2.48. The maximum absolute atomic E-state index is 12.1. The monoisotopic (exact) mass is 472 g/mol. The smallest absolute Gasteiger partial charge is 0.413 e. The largest absolute Gasteiger partial charge is 0.444 e. The third kappa shape index (κ3) is 6.74. The molecule has 2 heterocycles. The first-order valence-corrected chi connectivity index (χ1v) is 14.6. The molecule has 31 heavy (non-hydrogen) atoms. The molecule has 1 saturated heterocycles. The Kier molecular flexibility index (Phi) is 7.70. The van der Waals surface area contributed by atoms with Crippen molar-refractivity contribution < 1.29 is 23.4 Å². The van der Waals surface area contributed by atoms with Crippen LogP contribution < -0.4 is 5.32 Å². The Morgan fingerprint density at radius 1 is 1.29 bits per heavy atom. The first-order valence-electron chi connectivity index (χ1n) is 10.9. The van der Waals surface area contributed by atoms with E-state index in [0.29, 0.717) is 17.7 Å². The van der Waals surface area contributed by atoms with Crippen LogP contribution in [0.4, 0.5) is 9.93 Å². The van der Waals surface area contributed by atoms with E-state index in [1.54, 1.807) is 6.20 Å². The summed E-state index contributed by atoms with van der Waals surface area (Å²) in [4.78, 5) is 17.4. The fourth-order valence-electron chi connectivity index (χ4n) is 3.21. The lowest BCUT2D eigenvalue weighted by atomic mass is 9.99. The van der Waals surface area contributed by atoms with Crippen molar-refractivity contribution in [3.8, 4) is 0 Å². The fraction of sp³-hybridized carbons (Fsp3) is 0.818. The maximum atomic E-state index is 12.1. The number of ether oxygens (including phenoxy) is 3. The van der Waals surface area contributed by atoms with Gasteiger partial charge in [0.05, 0.1) is 11.5 Å². The molecule has 0 bridgehead atoms. The van der Waals surface area contributed by atoms with Gasteiger partial charge in [-0.25, -0.2) is 9.78 Å². The number of nitrogens with zero attached hydrogens (tertiary/aromatic N) is 1. The standard InChI is InChI=1S/C22H40N2O5SSi/c1-14(2)21(6,7)31(10,11)29-17(15-13-26-22(8,9)27-15)16-12-23-18(30-16)24-19(25)28-20(3,4)5/h12,14-15,17H,13H2,1-11H3,(H,23,24,25)/t15-,17-/m1/s1. The topological polar surface area (TPSA) is 78.9 Å². The zero-order chi connectivity index (χ0) is 23.8. The highest BCUT2D eigenvalue weighted by Gasteiger charge is 2.48. The van der Waals surface area contributed by atoms with E-state index in [2.05, 4.69) is 51.1 Å². The van der Waals surface area contributed by atoms with Crippen LogP contribution in [-0.2, 0) is 18.6 Å². The molecule has 0 spiro atoms. The van der Waals surface area contributed by atoms with E-state index in [4.69, 9.17) is 18.6 Å². The van der Waals surface area contributed by atoms with Crippen LogP contribution in [0.1, 0.15) is 73.3 Å². The molecule has 2 rings (SSSR count). The molecule has 9 heteroatoms. The number of nitrogens with one attached hydrogen (secondary N) is 1. The molecule has 0 aromatic carbocycles. The minimum absolute atomic E-state index is 0.0442. The van der Waals surface area contributed by atoms with Crippen LogP contribution in [0, 0.1) is 5.92 Å². The predicted molar refractivity (Wildman–Crippen MR) is 127 cm³/mol. The second kappa shape index (κ2) is 9.09. The van der Waals surface area contributed by atoms with Crippen molar-refractivity contribution in [1.82, 2.24) is 4.98 Å². The molecular formula is C22H40N2O5SSi. The predicted octanol–water partition coefficient (Wildman–Crippen LogP) is 6.34. The van der Waals surface area contributed by atoms with Crippen LogP contribution >= 0.6 is 11.3 Å². The van der Waals surface area contributed by atoms with E-state index in [9.17, 15) is 4.79 Å². The van der Waals surface area contributed by atoms with Gasteiger partial charge in [0, 0.05) is 6.20 Å². The molecule has 2 atom stereocenters. The van der Waals surface area contributed by atoms with Crippen molar-refractivity contribution in [2.75, 3.05) is 11.9 Å². The second-order valence-electron chi connectivity index (χ2n) is 11.0. The van der Waals surface area contributed by atoms with Gasteiger partial charge in [0.15, 0.2) is 19.2 Å². The molecule has 1 aromatic heterocycles. The minimum Gasteiger partial charge on any atom is -0.444 e. The Morgan fingerprint density at radius 3 is 2.39 bits per heavy atom. The highest BCUT2D eigenvalue weighted by atomic mass is 32.1. The Hall–Kier alpha value is -1.00. The minimum atomic E-state index is -2.18. The van der Waals surface area contributed by atoms with E-state index < -0.39 is 25.8 Å².